The van der Waals surface area contributed by atoms with E-state index in [-0.39, 0.29) is 11.0 Å². The van der Waals surface area contributed by atoms with Gasteiger partial charge in [-0.05, 0) is 24.6 Å². The first-order chi connectivity index (χ1) is 9.61. The van der Waals surface area contributed by atoms with Crippen LogP contribution in [0.15, 0.2) is 45.9 Å². The molecule has 0 aliphatic carbocycles. The summed E-state index contributed by atoms with van der Waals surface area (Å²) in [5.74, 6) is 0.759. The minimum Gasteiger partial charge on any atom is -0.437 e. The number of fused-ring (bicyclic) bond motifs is 1. The zero-order valence-corrected chi connectivity index (χ0v) is 11.2. The molecule has 2 aromatic heterocycles. The highest BCUT2D eigenvalue weighted by Crippen LogP contribution is 2.25. The quantitative estimate of drug-likeness (QED) is 0.677. The predicted molar refractivity (Wildman–Crippen MR) is 74.3 cm³/mol. The molecule has 0 aliphatic rings. The summed E-state index contributed by atoms with van der Waals surface area (Å²) in [5, 5.41) is 1.10. The second-order valence-corrected chi connectivity index (χ2v) is 4.58. The molecule has 0 saturated heterocycles. The fourth-order valence-electron chi connectivity index (χ4n) is 1.86. The minimum atomic E-state index is -0.394. The van der Waals surface area contributed by atoms with E-state index in [1.807, 2.05) is 13.0 Å². The lowest BCUT2D eigenvalue weighted by Crippen LogP contribution is -1.98. The average Bonchev–Trinajstić information content (AvgIpc) is 2.38. The van der Waals surface area contributed by atoms with E-state index in [2.05, 4.69) is 9.97 Å². The molecule has 0 N–H and O–H groups in total. The van der Waals surface area contributed by atoms with Gasteiger partial charge in [-0.3, -0.25) is 4.98 Å². The Balaban J connectivity index is 2.03. The van der Waals surface area contributed by atoms with Gasteiger partial charge in [0, 0.05) is 17.5 Å². The number of ether oxygens (including phenoxy) is 1. The number of aryl methyl sites for hydroxylation is 1. The van der Waals surface area contributed by atoms with Crippen LogP contribution in [0.2, 0.25) is 5.15 Å². The number of aromatic nitrogens is 2. The molecule has 3 aromatic rings. The van der Waals surface area contributed by atoms with Gasteiger partial charge in [0.1, 0.15) is 11.3 Å². The Morgan fingerprint density at radius 3 is 2.90 bits per heavy atom. The van der Waals surface area contributed by atoms with Crippen LogP contribution in [0.25, 0.3) is 11.0 Å². The van der Waals surface area contributed by atoms with Gasteiger partial charge in [-0.1, -0.05) is 11.6 Å². The monoisotopic (exact) mass is 288 g/mol. The molecule has 0 amide bonds. The largest absolute Gasteiger partial charge is 0.437 e. The van der Waals surface area contributed by atoms with Gasteiger partial charge in [0.2, 0.25) is 5.88 Å². The summed E-state index contributed by atoms with van der Waals surface area (Å²) in [6.45, 7) is 1.85. The molecule has 0 saturated carbocycles. The zero-order chi connectivity index (χ0) is 14.1. The molecule has 2 heterocycles. The zero-order valence-electron chi connectivity index (χ0n) is 10.5. The highest BCUT2D eigenvalue weighted by Gasteiger charge is 2.06. The van der Waals surface area contributed by atoms with Crippen LogP contribution in [-0.2, 0) is 0 Å². The van der Waals surface area contributed by atoms with E-state index in [0.717, 1.165) is 10.9 Å². The second-order valence-electron chi connectivity index (χ2n) is 4.19. The fraction of sp³-hybridized carbons (Fsp3) is 0.0714. The maximum atomic E-state index is 11.4. The second kappa shape index (κ2) is 4.94. The highest BCUT2D eigenvalue weighted by molar-refractivity contribution is 6.29. The van der Waals surface area contributed by atoms with E-state index in [4.69, 9.17) is 20.8 Å². The van der Waals surface area contributed by atoms with E-state index >= 15 is 0 Å². The topological polar surface area (TPSA) is 65.2 Å². The Bertz CT molecular complexity index is 845. The van der Waals surface area contributed by atoms with Crippen LogP contribution in [0.5, 0.6) is 11.6 Å². The number of hydrogen-bond donors (Lipinski definition) is 0. The SMILES string of the molecule is Cc1cc(=O)oc2cc(Oc3cncc(Cl)n3)ccc12. The molecule has 3 rings (SSSR count). The Hall–Kier alpha value is -2.40. The molecule has 0 fully saturated rings. The molecule has 1 aromatic carbocycles. The third-order valence-electron chi connectivity index (χ3n) is 2.73. The molecule has 0 bridgehead atoms. The molecular weight excluding hydrogens is 280 g/mol. The number of rotatable bonds is 2. The first-order valence-electron chi connectivity index (χ1n) is 5.82. The van der Waals surface area contributed by atoms with E-state index in [1.165, 1.54) is 18.5 Å². The molecule has 100 valence electrons. The molecule has 6 heteroatoms. The molecule has 0 spiro atoms. The standard InChI is InChI=1S/C14H9ClN2O3/c1-8-4-14(18)20-11-5-9(2-3-10(8)11)19-13-7-16-6-12(15)17-13/h2-7H,1H3. The molecule has 0 atom stereocenters. The van der Waals surface area contributed by atoms with Crippen molar-refractivity contribution >= 4 is 22.6 Å². The smallest absolute Gasteiger partial charge is 0.336 e. The Morgan fingerprint density at radius 2 is 2.10 bits per heavy atom. The highest BCUT2D eigenvalue weighted by atomic mass is 35.5. The van der Waals surface area contributed by atoms with Crippen LogP contribution in [0.3, 0.4) is 0 Å². The van der Waals surface area contributed by atoms with Crippen molar-refractivity contribution < 1.29 is 9.15 Å². The summed E-state index contributed by atoms with van der Waals surface area (Å²) in [5.41, 5.74) is 0.919. The van der Waals surface area contributed by atoms with Crippen molar-refractivity contribution in [1.29, 1.82) is 0 Å². The predicted octanol–water partition coefficient (Wildman–Crippen LogP) is 3.34. The van der Waals surface area contributed by atoms with Crippen LogP contribution in [0, 0.1) is 6.92 Å². The average molecular weight is 289 g/mol. The molecule has 0 aliphatic heterocycles. The molecule has 0 radical (unpaired) electrons. The van der Waals surface area contributed by atoms with Gasteiger partial charge in [-0.2, -0.15) is 4.98 Å². The lowest BCUT2D eigenvalue weighted by atomic mass is 10.1. The molecular formula is C14H9ClN2O3. The van der Waals surface area contributed by atoms with E-state index in [1.54, 1.807) is 12.1 Å². The maximum absolute atomic E-state index is 11.4. The Labute approximate surface area is 118 Å². The Morgan fingerprint density at radius 1 is 1.25 bits per heavy atom. The molecule has 5 nitrogen and oxygen atoms in total. The van der Waals surface area contributed by atoms with Crippen molar-refractivity contribution in [3.05, 3.63) is 57.8 Å². The first kappa shape index (κ1) is 12.6. The van der Waals surface area contributed by atoms with Crippen molar-refractivity contribution in [1.82, 2.24) is 9.97 Å². The fourth-order valence-corrected chi connectivity index (χ4v) is 2.00. The normalized spacial score (nSPS) is 10.7. The van der Waals surface area contributed by atoms with Crippen molar-refractivity contribution in [2.75, 3.05) is 0 Å². The van der Waals surface area contributed by atoms with Crippen molar-refractivity contribution in [3.8, 4) is 11.6 Å². The lowest BCUT2D eigenvalue weighted by Gasteiger charge is -2.06. The number of nitrogens with zero attached hydrogens (tertiary/aromatic N) is 2. The maximum Gasteiger partial charge on any atom is 0.336 e. The summed E-state index contributed by atoms with van der Waals surface area (Å²) >= 11 is 5.73. The van der Waals surface area contributed by atoms with Gasteiger partial charge in [0.25, 0.3) is 0 Å². The summed E-state index contributed by atoms with van der Waals surface area (Å²) < 4.78 is 10.7. The van der Waals surface area contributed by atoms with Gasteiger partial charge >= 0.3 is 5.63 Å². The van der Waals surface area contributed by atoms with Crippen LogP contribution < -0.4 is 10.4 Å². The van der Waals surface area contributed by atoms with Crippen molar-refractivity contribution in [2.24, 2.45) is 0 Å². The van der Waals surface area contributed by atoms with Gasteiger partial charge in [0.15, 0.2) is 5.15 Å². The van der Waals surface area contributed by atoms with E-state index in [9.17, 15) is 4.79 Å². The van der Waals surface area contributed by atoms with Gasteiger partial charge < -0.3 is 9.15 Å². The van der Waals surface area contributed by atoms with E-state index < -0.39 is 5.63 Å². The van der Waals surface area contributed by atoms with Crippen LogP contribution >= 0.6 is 11.6 Å². The van der Waals surface area contributed by atoms with Crippen LogP contribution in [0.4, 0.5) is 0 Å². The van der Waals surface area contributed by atoms with Gasteiger partial charge in [0.05, 0.1) is 12.4 Å². The van der Waals surface area contributed by atoms with E-state index in [0.29, 0.717) is 11.3 Å². The van der Waals surface area contributed by atoms with Crippen LogP contribution in [0.1, 0.15) is 5.56 Å². The number of hydrogen-bond acceptors (Lipinski definition) is 5. The first-order valence-corrected chi connectivity index (χ1v) is 6.19. The Kier molecular flexibility index (Phi) is 3.12. The number of benzene rings is 1. The number of halogens is 1. The summed E-state index contributed by atoms with van der Waals surface area (Å²) in [4.78, 5) is 19.2. The summed E-state index contributed by atoms with van der Waals surface area (Å²) in [6.07, 6.45) is 2.86. The third-order valence-corrected chi connectivity index (χ3v) is 2.91. The summed E-state index contributed by atoms with van der Waals surface area (Å²) in [7, 11) is 0. The molecule has 0 unspecified atom stereocenters. The van der Waals surface area contributed by atoms with Crippen LogP contribution in [-0.4, -0.2) is 9.97 Å². The van der Waals surface area contributed by atoms with Crippen molar-refractivity contribution in [2.45, 2.75) is 6.92 Å². The van der Waals surface area contributed by atoms with Gasteiger partial charge in [-0.15, -0.1) is 0 Å². The molecule has 20 heavy (non-hydrogen) atoms. The minimum absolute atomic E-state index is 0.241. The van der Waals surface area contributed by atoms with Gasteiger partial charge in [-0.25, -0.2) is 4.79 Å². The summed E-state index contributed by atoms with van der Waals surface area (Å²) in [6, 6.07) is 6.66. The third kappa shape index (κ3) is 2.48. The lowest BCUT2D eigenvalue weighted by molar-refractivity contribution is 0.459. The van der Waals surface area contributed by atoms with Crippen molar-refractivity contribution in [3.63, 3.8) is 0 Å².